The van der Waals surface area contributed by atoms with Crippen molar-refractivity contribution in [2.24, 2.45) is 0 Å². The summed E-state index contributed by atoms with van der Waals surface area (Å²) >= 11 is 0. The first-order valence-corrected chi connectivity index (χ1v) is 7.08. The van der Waals surface area contributed by atoms with E-state index >= 15 is 0 Å². The molecule has 0 aliphatic carbocycles. The first kappa shape index (κ1) is 15.0. The second-order valence-corrected chi connectivity index (χ2v) is 5.13. The summed E-state index contributed by atoms with van der Waals surface area (Å²) in [5.41, 5.74) is 0. The van der Waals surface area contributed by atoms with Crippen molar-refractivity contribution in [1.82, 2.24) is 9.55 Å². The van der Waals surface area contributed by atoms with Gasteiger partial charge in [0.1, 0.15) is 24.7 Å². The van der Waals surface area contributed by atoms with E-state index in [4.69, 9.17) is 4.74 Å². The first-order chi connectivity index (χ1) is 11.1. The predicted molar refractivity (Wildman–Crippen MR) is 84.3 cm³/mol. The summed E-state index contributed by atoms with van der Waals surface area (Å²) in [6.07, 6.45) is 1.79. The van der Waals surface area contributed by atoms with E-state index in [0.29, 0.717) is 5.75 Å². The van der Waals surface area contributed by atoms with Gasteiger partial charge in [0.05, 0.1) is 6.54 Å². The minimum absolute atomic E-state index is 0.0833. The molecule has 3 aromatic rings. The van der Waals surface area contributed by atoms with Gasteiger partial charge in [0.25, 0.3) is 0 Å². The molecule has 23 heavy (non-hydrogen) atoms. The lowest BCUT2D eigenvalue weighted by atomic mass is 10.1. The van der Waals surface area contributed by atoms with Crippen molar-refractivity contribution in [3.63, 3.8) is 0 Å². The van der Waals surface area contributed by atoms with Crippen LogP contribution in [-0.2, 0) is 6.54 Å². The average Bonchev–Trinajstić information content (AvgIpc) is 3.01. The van der Waals surface area contributed by atoms with Gasteiger partial charge in [0.2, 0.25) is 6.33 Å². The van der Waals surface area contributed by atoms with Crippen molar-refractivity contribution in [3.8, 4) is 5.75 Å². The molecule has 0 amide bonds. The molecule has 2 aromatic carbocycles. The summed E-state index contributed by atoms with van der Waals surface area (Å²) in [5, 5.41) is 22.7. The number of benzene rings is 2. The number of aliphatic hydroxyl groups is 1. The number of aromatic nitrogens is 2. The van der Waals surface area contributed by atoms with E-state index in [1.54, 1.807) is 0 Å². The summed E-state index contributed by atoms with van der Waals surface area (Å²) in [7, 11) is 0. The molecule has 0 aliphatic rings. The number of imidazole rings is 1. The number of hydrogen-bond donors (Lipinski definition) is 1. The Labute approximate surface area is 131 Å². The summed E-state index contributed by atoms with van der Waals surface area (Å²) < 4.78 is 7.16. The fourth-order valence-corrected chi connectivity index (χ4v) is 2.35. The van der Waals surface area contributed by atoms with E-state index in [-0.39, 0.29) is 19.0 Å². The van der Waals surface area contributed by atoms with Crippen LogP contribution in [0.25, 0.3) is 10.8 Å². The topological polar surface area (TPSA) is 90.4 Å². The minimum atomic E-state index is -0.803. The summed E-state index contributed by atoms with van der Waals surface area (Å²) in [6, 6.07) is 13.5. The maximum absolute atomic E-state index is 10.6. The summed E-state index contributed by atoms with van der Waals surface area (Å²) in [4.78, 5) is 13.6. The van der Waals surface area contributed by atoms with Gasteiger partial charge in [-0.15, -0.1) is 0 Å². The Bertz CT molecular complexity index is 826. The van der Waals surface area contributed by atoms with Crippen molar-refractivity contribution in [1.29, 1.82) is 0 Å². The maximum atomic E-state index is 10.6. The van der Waals surface area contributed by atoms with E-state index in [1.807, 2.05) is 42.5 Å². The molecule has 0 spiro atoms. The zero-order chi connectivity index (χ0) is 16.2. The molecule has 118 valence electrons. The number of hydrogen-bond acceptors (Lipinski definition) is 5. The second-order valence-electron chi connectivity index (χ2n) is 5.13. The molecule has 0 saturated heterocycles. The molecule has 3 rings (SSSR count). The van der Waals surface area contributed by atoms with Gasteiger partial charge in [-0.1, -0.05) is 36.4 Å². The Hall–Kier alpha value is -2.93. The Morgan fingerprint density at radius 3 is 2.83 bits per heavy atom. The van der Waals surface area contributed by atoms with E-state index in [2.05, 4.69) is 4.98 Å². The van der Waals surface area contributed by atoms with Crippen molar-refractivity contribution in [2.75, 3.05) is 6.61 Å². The highest BCUT2D eigenvalue weighted by Gasteiger charge is 2.13. The van der Waals surface area contributed by atoms with Crippen LogP contribution < -0.4 is 4.74 Å². The normalized spacial score (nSPS) is 12.2. The van der Waals surface area contributed by atoms with Crippen LogP contribution in [0.5, 0.6) is 5.75 Å². The van der Waals surface area contributed by atoms with Crippen LogP contribution in [0.2, 0.25) is 0 Å². The van der Waals surface area contributed by atoms with E-state index in [9.17, 15) is 15.2 Å². The van der Waals surface area contributed by atoms with Gasteiger partial charge in [-0.05, 0) is 21.4 Å². The van der Waals surface area contributed by atoms with Crippen molar-refractivity contribution in [2.45, 2.75) is 12.6 Å². The molecule has 1 atom stereocenters. The van der Waals surface area contributed by atoms with Crippen molar-refractivity contribution >= 4 is 16.6 Å². The Kier molecular flexibility index (Phi) is 4.20. The lowest BCUT2D eigenvalue weighted by molar-refractivity contribution is -0.389. The average molecular weight is 313 g/mol. The standard InChI is InChI=1S/C16H15N3O4/c20-13(8-18-9-16(17-11-18)19(21)22)10-23-15-7-3-5-12-4-1-2-6-14(12)15/h1-7,9,11,13,20H,8,10H2. The first-order valence-electron chi connectivity index (χ1n) is 7.08. The Balaban J connectivity index is 1.63. The molecule has 0 bridgehead atoms. The smallest absolute Gasteiger partial charge is 0.381 e. The largest absolute Gasteiger partial charge is 0.490 e. The van der Waals surface area contributed by atoms with Gasteiger partial charge in [-0.25, -0.2) is 0 Å². The van der Waals surface area contributed by atoms with Gasteiger partial charge in [-0.2, -0.15) is 0 Å². The number of nitro groups is 1. The molecule has 0 fully saturated rings. The van der Waals surface area contributed by atoms with Crippen LogP contribution in [0.3, 0.4) is 0 Å². The van der Waals surface area contributed by atoms with E-state index in [0.717, 1.165) is 10.8 Å². The van der Waals surface area contributed by atoms with E-state index < -0.39 is 11.0 Å². The Morgan fingerprint density at radius 2 is 2.04 bits per heavy atom. The van der Waals surface area contributed by atoms with Crippen LogP contribution in [-0.4, -0.2) is 32.3 Å². The molecule has 1 aromatic heterocycles. The minimum Gasteiger partial charge on any atom is -0.490 e. The van der Waals surface area contributed by atoms with Gasteiger partial charge in [-0.3, -0.25) is 0 Å². The fourth-order valence-electron chi connectivity index (χ4n) is 2.35. The quantitative estimate of drug-likeness (QED) is 0.557. The summed E-state index contributed by atoms with van der Waals surface area (Å²) in [6.45, 7) is 0.256. The van der Waals surface area contributed by atoms with Crippen molar-refractivity contribution < 1.29 is 14.8 Å². The molecule has 0 aliphatic heterocycles. The monoisotopic (exact) mass is 313 g/mol. The molecule has 0 radical (unpaired) electrons. The van der Waals surface area contributed by atoms with Crippen molar-refractivity contribution in [3.05, 3.63) is 65.1 Å². The fraction of sp³-hybridized carbons (Fsp3) is 0.188. The lowest BCUT2D eigenvalue weighted by Crippen LogP contribution is -2.23. The molecule has 0 saturated carbocycles. The molecule has 1 unspecified atom stereocenters. The SMILES string of the molecule is O=[N+]([O-])c1cn(CC(O)COc2cccc3ccccc23)cn1. The highest BCUT2D eigenvalue weighted by molar-refractivity contribution is 5.88. The predicted octanol–water partition coefficient (Wildman–Crippen LogP) is 2.38. The van der Waals surface area contributed by atoms with Crippen LogP contribution in [0.15, 0.2) is 55.0 Å². The van der Waals surface area contributed by atoms with Crippen LogP contribution in [0.1, 0.15) is 0 Å². The maximum Gasteiger partial charge on any atom is 0.381 e. The van der Waals surface area contributed by atoms with Gasteiger partial charge in [0.15, 0.2) is 0 Å². The Morgan fingerprint density at radius 1 is 1.26 bits per heavy atom. The molecular weight excluding hydrogens is 298 g/mol. The second kappa shape index (κ2) is 6.45. The number of nitrogens with zero attached hydrogens (tertiary/aromatic N) is 3. The molecular formula is C16H15N3O4. The number of ether oxygens (including phenoxy) is 1. The van der Waals surface area contributed by atoms with Crippen LogP contribution in [0, 0.1) is 10.1 Å². The van der Waals surface area contributed by atoms with Crippen LogP contribution >= 0.6 is 0 Å². The highest BCUT2D eigenvalue weighted by atomic mass is 16.6. The van der Waals surface area contributed by atoms with E-state index in [1.165, 1.54) is 17.1 Å². The van der Waals surface area contributed by atoms with Gasteiger partial charge >= 0.3 is 5.82 Å². The third-order valence-electron chi connectivity index (χ3n) is 3.41. The third-order valence-corrected chi connectivity index (χ3v) is 3.41. The molecule has 1 heterocycles. The van der Waals surface area contributed by atoms with Gasteiger partial charge in [0, 0.05) is 5.39 Å². The zero-order valence-electron chi connectivity index (χ0n) is 12.2. The molecule has 7 nitrogen and oxygen atoms in total. The zero-order valence-corrected chi connectivity index (χ0v) is 12.2. The van der Waals surface area contributed by atoms with Crippen LogP contribution in [0.4, 0.5) is 5.82 Å². The summed E-state index contributed by atoms with van der Waals surface area (Å²) in [5.74, 6) is 0.450. The lowest BCUT2D eigenvalue weighted by Gasteiger charge is -2.13. The number of aliphatic hydroxyl groups excluding tert-OH is 1. The molecule has 7 heteroatoms. The van der Waals surface area contributed by atoms with Gasteiger partial charge < -0.3 is 24.5 Å². The number of rotatable bonds is 6. The number of fused-ring (bicyclic) bond motifs is 1. The highest BCUT2D eigenvalue weighted by Crippen LogP contribution is 2.25. The molecule has 1 N–H and O–H groups in total. The third kappa shape index (κ3) is 3.46.